The number of hydrogen-bond donors (Lipinski definition) is 1. The highest BCUT2D eigenvalue weighted by molar-refractivity contribution is 7.09. The number of rotatable bonds is 7. The van der Waals surface area contributed by atoms with Gasteiger partial charge in [-0.3, -0.25) is 14.7 Å². The van der Waals surface area contributed by atoms with Crippen LogP contribution in [0.25, 0.3) is 11.3 Å². The summed E-state index contributed by atoms with van der Waals surface area (Å²) >= 11 is 1.59. The molecule has 7 heteroatoms. The second-order valence-electron chi connectivity index (χ2n) is 5.67. The average Bonchev–Trinajstić information content (AvgIpc) is 3.11. The van der Waals surface area contributed by atoms with Gasteiger partial charge in [0.05, 0.1) is 23.9 Å². The van der Waals surface area contributed by atoms with Crippen molar-refractivity contribution in [1.82, 2.24) is 20.2 Å². The van der Waals surface area contributed by atoms with Crippen molar-refractivity contribution in [1.29, 1.82) is 0 Å². The van der Waals surface area contributed by atoms with E-state index in [1.165, 1.54) is 0 Å². The normalized spacial score (nSPS) is 15.3. The predicted molar refractivity (Wildman–Crippen MR) is 93.9 cm³/mol. The molecule has 0 bridgehead atoms. The summed E-state index contributed by atoms with van der Waals surface area (Å²) in [5.41, 5.74) is 1.94. The van der Waals surface area contributed by atoms with Crippen LogP contribution in [0.1, 0.15) is 11.4 Å². The van der Waals surface area contributed by atoms with E-state index >= 15 is 0 Å². The Morgan fingerprint density at radius 1 is 1.38 bits per heavy atom. The number of nitrogens with one attached hydrogen (secondary N) is 1. The number of aromatic nitrogens is 2. The van der Waals surface area contributed by atoms with Gasteiger partial charge in [-0.1, -0.05) is 0 Å². The molecule has 0 radical (unpaired) electrons. The Labute approximate surface area is 145 Å². The summed E-state index contributed by atoms with van der Waals surface area (Å²) in [7, 11) is 0. The Morgan fingerprint density at radius 3 is 3.04 bits per heavy atom. The van der Waals surface area contributed by atoms with Crippen molar-refractivity contribution in [3.63, 3.8) is 0 Å². The van der Waals surface area contributed by atoms with Crippen LogP contribution in [0.5, 0.6) is 0 Å². The number of pyridine rings is 1. The Kier molecular flexibility index (Phi) is 6.28. The molecule has 1 aliphatic heterocycles. The number of hydrogen-bond acceptors (Lipinski definition) is 6. The minimum Gasteiger partial charge on any atom is -0.379 e. The van der Waals surface area contributed by atoms with Gasteiger partial charge in [-0.05, 0) is 12.1 Å². The maximum atomic E-state index is 11.9. The van der Waals surface area contributed by atoms with Crippen LogP contribution in [-0.2, 0) is 16.0 Å². The Bertz CT molecular complexity index is 641. The first-order valence-corrected chi connectivity index (χ1v) is 9.11. The molecule has 0 spiro atoms. The lowest BCUT2D eigenvalue weighted by Gasteiger charge is -2.26. The van der Waals surface area contributed by atoms with Crippen LogP contribution in [-0.4, -0.2) is 60.2 Å². The molecule has 128 valence electrons. The second-order valence-corrected chi connectivity index (χ2v) is 6.61. The molecule has 0 atom stereocenters. The Hall–Kier alpha value is -1.83. The van der Waals surface area contributed by atoms with E-state index in [1.807, 2.05) is 17.5 Å². The number of carbonyl (C=O) groups excluding carboxylic acids is 1. The van der Waals surface area contributed by atoms with Crippen LogP contribution >= 0.6 is 11.3 Å². The molecule has 2 aromatic rings. The SMILES string of the molecule is O=C(CCc1nc(-c2cccnc2)cs1)NCCN1CCOCC1. The molecular formula is C17H22N4O2S. The maximum absolute atomic E-state index is 11.9. The fraction of sp³-hybridized carbons (Fsp3) is 0.471. The van der Waals surface area contributed by atoms with Crippen molar-refractivity contribution < 1.29 is 9.53 Å². The molecule has 1 aliphatic rings. The molecule has 1 fully saturated rings. The molecular weight excluding hydrogens is 324 g/mol. The molecule has 0 aliphatic carbocycles. The van der Waals surface area contributed by atoms with E-state index in [2.05, 4.69) is 20.2 Å². The highest BCUT2D eigenvalue weighted by Crippen LogP contribution is 2.21. The van der Waals surface area contributed by atoms with Crippen LogP contribution in [0, 0.1) is 0 Å². The molecule has 0 unspecified atom stereocenters. The molecule has 0 aromatic carbocycles. The lowest BCUT2D eigenvalue weighted by atomic mass is 10.2. The smallest absolute Gasteiger partial charge is 0.220 e. The van der Waals surface area contributed by atoms with Gasteiger partial charge in [0.25, 0.3) is 0 Å². The third-order valence-electron chi connectivity index (χ3n) is 3.93. The Balaban J connectivity index is 1.38. The number of ether oxygens (including phenoxy) is 1. The summed E-state index contributed by atoms with van der Waals surface area (Å²) < 4.78 is 5.31. The monoisotopic (exact) mass is 346 g/mol. The van der Waals surface area contributed by atoms with E-state index in [0.29, 0.717) is 19.4 Å². The number of carbonyl (C=O) groups is 1. The minimum absolute atomic E-state index is 0.0846. The number of aryl methyl sites for hydroxylation is 1. The van der Waals surface area contributed by atoms with Gasteiger partial charge in [0.2, 0.25) is 5.91 Å². The van der Waals surface area contributed by atoms with Crippen molar-refractivity contribution in [3.8, 4) is 11.3 Å². The first-order chi connectivity index (χ1) is 11.8. The van der Waals surface area contributed by atoms with E-state index in [-0.39, 0.29) is 5.91 Å². The second kappa shape index (κ2) is 8.86. The molecule has 1 N–H and O–H groups in total. The highest BCUT2D eigenvalue weighted by atomic mass is 32.1. The summed E-state index contributed by atoms with van der Waals surface area (Å²) in [6.07, 6.45) is 4.70. The quantitative estimate of drug-likeness (QED) is 0.825. The van der Waals surface area contributed by atoms with Crippen LogP contribution in [0.2, 0.25) is 0 Å². The van der Waals surface area contributed by atoms with Crippen molar-refractivity contribution in [2.75, 3.05) is 39.4 Å². The summed E-state index contributed by atoms with van der Waals surface area (Å²) in [4.78, 5) is 22.9. The highest BCUT2D eigenvalue weighted by Gasteiger charge is 2.11. The lowest BCUT2D eigenvalue weighted by molar-refractivity contribution is -0.121. The topological polar surface area (TPSA) is 67.4 Å². The molecule has 24 heavy (non-hydrogen) atoms. The van der Waals surface area contributed by atoms with Crippen molar-refractivity contribution >= 4 is 17.2 Å². The van der Waals surface area contributed by atoms with Gasteiger partial charge in [0.15, 0.2) is 0 Å². The first kappa shape index (κ1) is 17.0. The largest absolute Gasteiger partial charge is 0.379 e. The van der Waals surface area contributed by atoms with E-state index < -0.39 is 0 Å². The minimum atomic E-state index is 0.0846. The Morgan fingerprint density at radius 2 is 2.25 bits per heavy atom. The maximum Gasteiger partial charge on any atom is 0.220 e. The molecule has 0 saturated carbocycles. The molecule has 2 aromatic heterocycles. The van der Waals surface area contributed by atoms with Gasteiger partial charge in [-0.25, -0.2) is 4.98 Å². The average molecular weight is 346 g/mol. The zero-order valence-corrected chi connectivity index (χ0v) is 14.4. The van der Waals surface area contributed by atoms with Gasteiger partial charge >= 0.3 is 0 Å². The summed E-state index contributed by atoms with van der Waals surface area (Å²) in [5, 5.41) is 5.98. The number of nitrogens with zero attached hydrogens (tertiary/aromatic N) is 3. The fourth-order valence-electron chi connectivity index (χ4n) is 2.56. The lowest BCUT2D eigenvalue weighted by Crippen LogP contribution is -2.41. The summed E-state index contributed by atoms with van der Waals surface area (Å²) in [6, 6.07) is 3.89. The number of amides is 1. The van der Waals surface area contributed by atoms with E-state index in [4.69, 9.17) is 4.74 Å². The predicted octanol–water partition coefficient (Wildman–Crippen LogP) is 1.59. The van der Waals surface area contributed by atoms with Gasteiger partial charge in [0, 0.05) is 62.4 Å². The summed E-state index contributed by atoms with van der Waals surface area (Å²) in [5.74, 6) is 0.0846. The zero-order valence-electron chi connectivity index (χ0n) is 13.6. The summed E-state index contributed by atoms with van der Waals surface area (Å²) in [6.45, 7) is 5.06. The van der Waals surface area contributed by atoms with Gasteiger partial charge in [-0.2, -0.15) is 0 Å². The molecule has 1 amide bonds. The van der Waals surface area contributed by atoms with Gasteiger partial charge in [-0.15, -0.1) is 11.3 Å². The van der Waals surface area contributed by atoms with Crippen molar-refractivity contribution in [3.05, 3.63) is 34.9 Å². The molecule has 3 rings (SSSR count). The van der Waals surface area contributed by atoms with E-state index in [9.17, 15) is 4.79 Å². The third-order valence-corrected chi connectivity index (χ3v) is 4.84. The molecule has 1 saturated heterocycles. The molecule has 3 heterocycles. The number of thiazole rings is 1. The van der Waals surface area contributed by atoms with Crippen LogP contribution in [0.15, 0.2) is 29.9 Å². The van der Waals surface area contributed by atoms with Crippen LogP contribution < -0.4 is 5.32 Å². The van der Waals surface area contributed by atoms with Crippen LogP contribution in [0.3, 0.4) is 0 Å². The van der Waals surface area contributed by atoms with Crippen LogP contribution in [0.4, 0.5) is 0 Å². The van der Waals surface area contributed by atoms with Gasteiger partial charge < -0.3 is 10.1 Å². The van der Waals surface area contributed by atoms with E-state index in [0.717, 1.165) is 49.1 Å². The molecule has 6 nitrogen and oxygen atoms in total. The first-order valence-electron chi connectivity index (χ1n) is 8.23. The number of morpholine rings is 1. The fourth-order valence-corrected chi connectivity index (χ4v) is 3.37. The van der Waals surface area contributed by atoms with E-state index in [1.54, 1.807) is 23.7 Å². The standard InChI is InChI=1S/C17H22N4O2S/c22-16(19-6-7-21-8-10-23-11-9-21)3-4-17-20-15(13-24-17)14-2-1-5-18-12-14/h1-2,5,12-13H,3-4,6-11H2,(H,19,22). The van der Waals surface area contributed by atoms with Crippen molar-refractivity contribution in [2.24, 2.45) is 0 Å². The zero-order chi connectivity index (χ0) is 16.6. The van der Waals surface area contributed by atoms with Gasteiger partial charge in [0.1, 0.15) is 0 Å². The van der Waals surface area contributed by atoms with Crippen molar-refractivity contribution in [2.45, 2.75) is 12.8 Å². The third kappa shape index (κ3) is 5.09.